The van der Waals surface area contributed by atoms with Gasteiger partial charge in [-0.3, -0.25) is 4.79 Å². The van der Waals surface area contributed by atoms with E-state index in [9.17, 15) is 4.79 Å². The number of benzene rings is 1. The second-order valence-corrected chi connectivity index (χ2v) is 6.11. The van der Waals surface area contributed by atoms with E-state index in [0.717, 1.165) is 38.2 Å². The van der Waals surface area contributed by atoms with Crippen LogP contribution in [0.4, 0.5) is 0 Å². The first-order valence-corrected chi connectivity index (χ1v) is 7.84. The van der Waals surface area contributed by atoms with E-state index >= 15 is 0 Å². The summed E-state index contributed by atoms with van der Waals surface area (Å²) in [5.41, 5.74) is 0.862. The highest BCUT2D eigenvalue weighted by molar-refractivity contribution is 5.94. The zero-order chi connectivity index (χ0) is 15.8. The van der Waals surface area contributed by atoms with E-state index in [0.29, 0.717) is 18.8 Å². The van der Waals surface area contributed by atoms with Gasteiger partial charge < -0.3 is 20.1 Å². The van der Waals surface area contributed by atoms with Gasteiger partial charge in [-0.05, 0) is 55.6 Å². The fourth-order valence-electron chi connectivity index (χ4n) is 2.55. The lowest BCUT2D eigenvalue weighted by molar-refractivity contribution is 0.0922. The Bertz CT molecular complexity index is 467. The number of piperidine rings is 1. The maximum atomic E-state index is 12.2. The van der Waals surface area contributed by atoms with Gasteiger partial charge in [0.25, 0.3) is 5.91 Å². The summed E-state index contributed by atoms with van der Waals surface area (Å²) < 4.78 is 10.4. The van der Waals surface area contributed by atoms with E-state index in [2.05, 4.69) is 17.6 Å². The molecule has 1 aromatic carbocycles. The van der Waals surface area contributed by atoms with Crippen molar-refractivity contribution >= 4 is 5.91 Å². The van der Waals surface area contributed by atoms with Crippen LogP contribution in [-0.2, 0) is 4.74 Å². The number of hydrogen-bond acceptors (Lipinski definition) is 4. The molecule has 5 nitrogen and oxygen atoms in total. The van der Waals surface area contributed by atoms with E-state index < -0.39 is 0 Å². The molecule has 5 heteroatoms. The number of rotatable bonds is 7. The minimum absolute atomic E-state index is 0.0248. The fraction of sp³-hybridized carbons (Fsp3) is 0.588. The lowest BCUT2D eigenvalue weighted by Crippen LogP contribution is -2.42. The van der Waals surface area contributed by atoms with E-state index in [1.807, 2.05) is 12.1 Å². The lowest BCUT2D eigenvalue weighted by Gasteiger charge is -2.34. The summed E-state index contributed by atoms with van der Waals surface area (Å²) in [6.45, 7) is 6.07. The maximum Gasteiger partial charge on any atom is 0.251 e. The Hall–Kier alpha value is -1.59. The van der Waals surface area contributed by atoms with Gasteiger partial charge in [0.2, 0.25) is 0 Å². The van der Waals surface area contributed by atoms with Crippen LogP contribution in [-0.4, -0.2) is 45.9 Å². The molecule has 0 unspecified atom stereocenters. The highest BCUT2D eigenvalue weighted by atomic mass is 16.5. The molecule has 1 amide bonds. The van der Waals surface area contributed by atoms with Crippen LogP contribution >= 0.6 is 0 Å². The molecule has 22 heavy (non-hydrogen) atoms. The van der Waals surface area contributed by atoms with Crippen molar-refractivity contribution in [3.8, 4) is 5.75 Å². The standard InChI is InChI=1S/C17H26N2O3/c1-17(7-9-18-10-8-17)13-19-16(20)14-3-5-15(6-4-14)22-12-11-21-2/h3-6,18H,7-13H2,1-2H3,(H,19,20). The molecule has 1 aromatic rings. The summed E-state index contributed by atoms with van der Waals surface area (Å²) in [6.07, 6.45) is 2.19. The number of amides is 1. The van der Waals surface area contributed by atoms with Gasteiger partial charge in [-0.15, -0.1) is 0 Å². The predicted molar refractivity (Wildman–Crippen MR) is 86.4 cm³/mol. The highest BCUT2D eigenvalue weighted by Crippen LogP contribution is 2.26. The van der Waals surface area contributed by atoms with Gasteiger partial charge in [0, 0.05) is 19.2 Å². The molecule has 1 aliphatic heterocycles. The molecule has 0 radical (unpaired) electrons. The van der Waals surface area contributed by atoms with Gasteiger partial charge in [-0.1, -0.05) is 6.92 Å². The van der Waals surface area contributed by atoms with Gasteiger partial charge in [-0.2, -0.15) is 0 Å². The molecular weight excluding hydrogens is 280 g/mol. The SMILES string of the molecule is COCCOc1ccc(C(=O)NCC2(C)CCNCC2)cc1. The largest absolute Gasteiger partial charge is 0.491 e. The van der Waals surface area contributed by atoms with Crippen LogP contribution in [0.3, 0.4) is 0 Å². The minimum Gasteiger partial charge on any atom is -0.491 e. The second-order valence-electron chi connectivity index (χ2n) is 6.11. The first-order chi connectivity index (χ1) is 10.6. The van der Waals surface area contributed by atoms with Gasteiger partial charge >= 0.3 is 0 Å². The van der Waals surface area contributed by atoms with Crippen LogP contribution in [0, 0.1) is 5.41 Å². The van der Waals surface area contributed by atoms with Crippen LogP contribution < -0.4 is 15.4 Å². The second kappa shape index (κ2) is 8.15. The van der Waals surface area contributed by atoms with Crippen LogP contribution in [0.1, 0.15) is 30.1 Å². The molecule has 0 aromatic heterocycles. The third-order valence-electron chi connectivity index (χ3n) is 4.16. The zero-order valence-corrected chi connectivity index (χ0v) is 13.5. The molecule has 2 rings (SSSR count). The lowest BCUT2D eigenvalue weighted by atomic mass is 9.81. The molecule has 1 aliphatic rings. The molecule has 0 atom stereocenters. The van der Waals surface area contributed by atoms with Crippen molar-refractivity contribution in [1.29, 1.82) is 0 Å². The zero-order valence-electron chi connectivity index (χ0n) is 13.5. The van der Waals surface area contributed by atoms with Crippen molar-refractivity contribution in [2.24, 2.45) is 5.41 Å². The topological polar surface area (TPSA) is 59.6 Å². The molecule has 0 bridgehead atoms. The number of hydrogen-bond donors (Lipinski definition) is 2. The Morgan fingerprint density at radius 1 is 1.23 bits per heavy atom. The van der Waals surface area contributed by atoms with E-state index in [1.165, 1.54) is 0 Å². The molecule has 0 saturated carbocycles. The van der Waals surface area contributed by atoms with Crippen molar-refractivity contribution in [3.63, 3.8) is 0 Å². The van der Waals surface area contributed by atoms with Crippen LogP contribution in [0.5, 0.6) is 5.75 Å². The molecule has 1 heterocycles. The van der Waals surface area contributed by atoms with Gasteiger partial charge in [-0.25, -0.2) is 0 Å². The Morgan fingerprint density at radius 2 is 1.91 bits per heavy atom. The Labute approximate surface area is 132 Å². The van der Waals surface area contributed by atoms with Crippen molar-refractivity contribution in [1.82, 2.24) is 10.6 Å². The number of carbonyl (C=O) groups excluding carboxylic acids is 1. The fourth-order valence-corrected chi connectivity index (χ4v) is 2.55. The average Bonchev–Trinajstić information content (AvgIpc) is 2.54. The summed E-state index contributed by atoms with van der Waals surface area (Å²) in [5.74, 6) is 0.724. The number of ether oxygens (including phenoxy) is 2. The molecule has 0 spiro atoms. The monoisotopic (exact) mass is 306 g/mol. The normalized spacial score (nSPS) is 17.0. The first kappa shape index (κ1) is 16.8. The quantitative estimate of drug-likeness (QED) is 0.755. The summed E-state index contributed by atoms with van der Waals surface area (Å²) >= 11 is 0. The number of methoxy groups -OCH3 is 1. The van der Waals surface area contributed by atoms with Crippen molar-refractivity contribution in [2.75, 3.05) is 40.0 Å². The first-order valence-electron chi connectivity index (χ1n) is 7.84. The predicted octanol–water partition coefficient (Wildman–Crippen LogP) is 1.83. The maximum absolute atomic E-state index is 12.2. The molecule has 0 aliphatic carbocycles. The third-order valence-corrected chi connectivity index (χ3v) is 4.16. The van der Waals surface area contributed by atoms with Gasteiger partial charge in [0.15, 0.2) is 0 Å². The Balaban J connectivity index is 1.81. The average molecular weight is 306 g/mol. The summed E-state index contributed by atoms with van der Waals surface area (Å²) in [6, 6.07) is 7.22. The van der Waals surface area contributed by atoms with Gasteiger partial charge in [0.1, 0.15) is 12.4 Å². The summed E-state index contributed by atoms with van der Waals surface area (Å²) in [7, 11) is 1.64. The third kappa shape index (κ3) is 5.00. The van der Waals surface area contributed by atoms with Gasteiger partial charge in [0.05, 0.1) is 6.61 Å². The highest BCUT2D eigenvalue weighted by Gasteiger charge is 2.27. The van der Waals surface area contributed by atoms with E-state index in [-0.39, 0.29) is 11.3 Å². The molecular formula is C17H26N2O3. The number of nitrogens with one attached hydrogen (secondary N) is 2. The summed E-state index contributed by atoms with van der Waals surface area (Å²) in [4.78, 5) is 12.2. The molecule has 2 N–H and O–H groups in total. The van der Waals surface area contributed by atoms with E-state index in [1.54, 1.807) is 19.2 Å². The van der Waals surface area contributed by atoms with Crippen LogP contribution in [0.15, 0.2) is 24.3 Å². The van der Waals surface area contributed by atoms with Crippen molar-refractivity contribution in [3.05, 3.63) is 29.8 Å². The van der Waals surface area contributed by atoms with Crippen molar-refractivity contribution < 1.29 is 14.3 Å². The Morgan fingerprint density at radius 3 is 2.55 bits per heavy atom. The minimum atomic E-state index is -0.0248. The Kier molecular flexibility index (Phi) is 6.21. The number of carbonyl (C=O) groups is 1. The van der Waals surface area contributed by atoms with Crippen molar-refractivity contribution in [2.45, 2.75) is 19.8 Å². The molecule has 1 fully saturated rings. The smallest absolute Gasteiger partial charge is 0.251 e. The summed E-state index contributed by atoms with van der Waals surface area (Å²) in [5, 5.41) is 6.40. The molecule has 1 saturated heterocycles. The van der Waals surface area contributed by atoms with Crippen LogP contribution in [0.25, 0.3) is 0 Å². The van der Waals surface area contributed by atoms with E-state index in [4.69, 9.17) is 9.47 Å². The molecule has 122 valence electrons. The van der Waals surface area contributed by atoms with Crippen LogP contribution in [0.2, 0.25) is 0 Å².